The van der Waals surface area contributed by atoms with Gasteiger partial charge in [0.2, 0.25) is 5.91 Å². The van der Waals surface area contributed by atoms with Gasteiger partial charge in [-0.1, -0.05) is 0 Å². The molecule has 0 aliphatic carbocycles. The molecule has 3 rings (SSSR count). The average Bonchev–Trinajstić information content (AvgIpc) is 3.06. The van der Waals surface area contributed by atoms with Crippen molar-refractivity contribution < 1.29 is 19.1 Å². The summed E-state index contributed by atoms with van der Waals surface area (Å²) in [6.07, 6.45) is 6.18. The first-order valence-electron chi connectivity index (χ1n) is 7.45. The molecule has 6 nitrogen and oxygen atoms in total. The van der Waals surface area contributed by atoms with Crippen LogP contribution in [0, 0.1) is 0 Å². The van der Waals surface area contributed by atoms with E-state index in [1.54, 1.807) is 6.07 Å². The van der Waals surface area contributed by atoms with Crippen LogP contribution < -0.4 is 5.32 Å². The Labute approximate surface area is 123 Å². The van der Waals surface area contributed by atoms with E-state index in [4.69, 9.17) is 4.42 Å². The van der Waals surface area contributed by atoms with Crippen molar-refractivity contribution >= 4 is 11.8 Å². The molecule has 3 heterocycles. The van der Waals surface area contributed by atoms with Crippen LogP contribution in [-0.2, 0) is 4.79 Å². The van der Waals surface area contributed by atoms with Crippen LogP contribution in [0.2, 0.25) is 0 Å². The highest BCUT2D eigenvalue weighted by atomic mass is 16.3. The zero-order valence-corrected chi connectivity index (χ0v) is 11.8. The molecule has 2 aliphatic heterocycles. The number of rotatable bonds is 4. The number of aliphatic hydroxyl groups excluding tert-OH is 1. The molecular formula is C15H20N2O4. The van der Waals surface area contributed by atoms with Gasteiger partial charge in [0.05, 0.1) is 17.9 Å². The van der Waals surface area contributed by atoms with E-state index in [0.717, 1.165) is 12.8 Å². The van der Waals surface area contributed by atoms with E-state index in [-0.39, 0.29) is 30.0 Å². The van der Waals surface area contributed by atoms with Crippen molar-refractivity contribution in [3.63, 3.8) is 0 Å². The third kappa shape index (κ3) is 2.95. The van der Waals surface area contributed by atoms with E-state index >= 15 is 0 Å². The largest absolute Gasteiger partial charge is 0.472 e. The molecule has 2 amide bonds. The topological polar surface area (TPSA) is 82.8 Å². The minimum Gasteiger partial charge on any atom is -0.472 e. The van der Waals surface area contributed by atoms with Crippen molar-refractivity contribution in [1.82, 2.24) is 10.2 Å². The van der Waals surface area contributed by atoms with Gasteiger partial charge in [0.15, 0.2) is 0 Å². The predicted octanol–water partition coefficient (Wildman–Crippen LogP) is 0.914. The van der Waals surface area contributed by atoms with Crippen LogP contribution in [0.15, 0.2) is 23.0 Å². The summed E-state index contributed by atoms with van der Waals surface area (Å²) in [6.45, 7) is 0.321. The summed E-state index contributed by atoms with van der Waals surface area (Å²) >= 11 is 0. The molecular weight excluding hydrogens is 272 g/mol. The maximum Gasteiger partial charge on any atom is 0.254 e. The van der Waals surface area contributed by atoms with Crippen molar-refractivity contribution in [3.05, 3.63) is 24.2 Å². The summed E-state index contributed by atoms with van der Waals surface area (Å²) in [5.41, 5.74) is 0.462. The fraction of sp³-hybridized carbons (Fsp3) is 0.600. The van der Waals surface area contributed by atoms with Crippen molar-refractivity contribution in [2.24, 2.45) is 0 Å². The van der Waals surface area contributed by atoms with Crippen LogP contribution in [0.3, 0.4) is 0 Å². The number of amides is 2. The zero-order chi connectivity index (χ0) is 14.8. The molecule has 0 spiro atoms. The van der Waals surface area contributed by atoms with Crippen molar-refractivity contribution in [3.8, 4) is 0 Å². The number of piperidine rings is 1. The fourth-order valence-corrected chi connectivity index (χ4v) is 3.46. The molecule has 0 aromatic carbocycles. The number of aliphatic hydroxyl groups is 1. The van der Waals surface area contributed by atoms with Gasteiger partial charge in [-0.2, -0.15) is 0 Å². The van der Waals surface area contributed by atoms with Crippen molar-refractivity contribution in [2.45, 2.75) is 50.3 Å². The van der Waals surface area contributed by atoms with Crippen LogP contribution in [0.5, 0.6) is 0 Å². The lowest BCUT2D eigenvalue weighted by molar-refractivity contribution is -0.137. The highest BCUT2D eigenvalue weighted by Crippen LogP contribution is 2.35. The highest BCUT2D eigenvalue weighted by molar-refractivity contribution is 5.94. The van der Waals surface area contributed by atoms with Gasteiger partial charge in [-0.3, -0.25) is 9.59 Å². The summed E-state index contributed by atoms with van der Waals surface area (Å²) in [6, 6.07) is 1.94. The molecule has 21 heavy (non-hydrogen) atoms. The first-order chi connectivity index (χ1) is 10.1. The Bertz CT molecular complexity index is 500. The van der Waals surface area contributed by atoms with Gasteiger partial charge in [-0.05, 0) is 31.7 Å². The zero-order valence-electron chi connectivity index (χ0n) is 11.8. The second-order valence-corrected chi connectivity index (χ2v) is 5.83. The normalized spacial score (nSPS) is 27.7. The molecule has 2 aliphatic rings. The van der Waals surface area contributed by atoms with Gasteiger partial charge >= 0.3 is 0 Å². The molecule has 6 heteroatoms. The number of hydrogen-bond acceptors (Lipinski definition) is 4. The maximum absolute atomic E-state index is 12.3. The van der Waals surface area contributed by atoms with E-state index in [1.807, 2.05) is 4.90 Å². The first-order valence-corrected chi connectivity index (χ1v) is 7.45. The minimum atomic E-state index is -0.271. The fourth-order valence-electron chi connectivity index (χ4n) is 3.46. The molecule has 1 aromatic rings. The Balaban J connectivity index is 1.48. The van der Waals surface area contributed by atoms with Gasteiger partial charge in [0, 0.05) is 25.0 Å². The van der Waals surface area contributed by atoms with Gasteiger partial charge in [0.25, 0.3) is 5.91 Å². The number of nitrogens with one attached hydrogen (secondary N) is 1. The Hall–Kier alpha value is -1.82. The smallest absolute Gasteiger partial charge is 0.254 e. The molecule has 1 aromatic heterocycles. The van der Waals surface area contributed by atoms with Gasteiger partial charge in [0.1, 0.15) is 6.26 Å². The minimum absolute atomic E-state index is 0.0712. The monoisotopic (exact) mass is 292 g/mol. The molecule has 2 N–H and O–H groups in total. The second kappa shape index (κ2) is 5.89. The molecule has 2 atom stereocenters. The molecule has 114 valence electrons. The Morgan fingerprint density at radius 3 is 2.67 bits per heavy atom. The number of carbonyl (C=O) groups is 2. The van der Waals surface area contributed by atoms with Crippen molar-refractivity contribution in [2.75, 3.05) is 6.54 Å². The molecule has 2 bridgehead atoms. The van der Waals surface area contributed by atoms with E-state index in [0.29, 0.717) is 31.4 Å². The summed E-state index contributed by atoms with van der Waals surface area (Å²) < 4.78 is 4.84. The van der Waals surface area contributed by atoms with E-state index in [2.05, 4.69) is 5.32 Å². The lowest BCUT2D eigenvalue weighted by Crippen LogP contribution is -2.48. The van der Waals surface area contributed by atoms with Crippen LogP contribution >= 0.6 is 0 Å². The third-order valence-corrected chi connectivity index (χ3v) is 4.40. The predicted molar refractivity (Wildman–Crippen MR) is 74.6 cm³/mol. The number of nitrogens with zero attached hydrogens (tertiary/aromatic N) is 1. The van der Waals surface area contributed by atoms with E-state index in [1.165, 1.54) is 12.5 Å². The lowest BCUT2D eigenvalue weighted by Gasteiger charge is -2.37. The molecule has 0 saturated carbocycles. The SMILES string of the molecule is O=C(NCCC(=O)N1C2CCC1CC(O)C2)c1ccoc1. The van der Waals surface area contributed by atoms with Crippen LogP contribution in [0.25, 0.3) is 0 Å². The molecule has 2 saturated heterocycles. The Morgan fingerprint density at radius 1 is 1.33 bits per heavy atom. The van der Waals surface area contributed by atoms with E-state index in [9.17, 15) is 14.7 Å². The first kappa shape index (κ1) is 14.1. The van der Waals surface area contributed by atoms with E-state index < -0.39 is 0 Å². The number of hydrogen-bond donors (Lipinski definition) is 2. The average molecular weight is 292 g/mol. The van der Waals surface area contributed by atoms with Crippen molar-refractivity contribution in [1.29, 1.82) is 0 Å². The quantitative estimate of drug-likeness (QED) is 0.864. The van der Waals surface area contributed by atoms with Gasteiger partial charge in [-0.25, -0.2) is 0 Å². The molecule has 0 radical (unpaired) electrons. The summed E-state index contributed by atoms with van der Waals surface area (Å²) in [5, 5.41) is 12.5. The lowest BCUT2D eigenvalue weighted by atomic mass is 9.99. The van der Waals surface area contributed by atoms with Crippen LogP contribution in [0.1, 0.15) is 42.5 Å². The highest BCUT2D eigenvalue weighted by Gasteiger charge is 2.42. The standard InChI is InChI=1S/C15H20N2O4/c18-13-7-11-1-2-12(8-13)17(11)14(19)3-5-16-15(20)10-4-6-21-9-10/h4,6,9,11-13,18H,1-3,5,7-8H2,(H,16,20). The van der Waals surface area contributed by atoms with Crippen LogP contribution in [0.4, 0.5) is 0 Å². The number of furan rings is 1. The Morgan fingerprint density at radius 2 is 2.05 bits per heavy atom. The van der Waals surface area contributed by atoms with Gasteiger partial charge in [-0.15, -0.1) is 0 Å². The molecule has 2 unspecified atom stereocenters. The maximum atomic E-state index is 12.3. The Kier molecular flexibility index (Phi) is 3.96. The molecule has 2 fully saturated rings. The summed E-state index contributed by atoms with van der Waals surface area (Å²) in [5.74, 6) is -0.157. The second-order valence-electron chi connectivity index (χ2n) is 5.83. The third-order valence-electron chi connectivity index (χ3n) is 4.40. The summed E-state index contributed by atoms with van der Waals surface area (Å²) in [7, 11) is 0. The van der Waals surface area contributed by atoms with Crippen LogP contribution in [-0.4, -0.2) is 46.6 Å². The van der Waals surface area contributed by atoms with Gasteiger partial charge < -0.3 is 19.7 Å². The summed E-state index contributed by atoms with van der Waals surface area (Å²) in [4.78, 5) is 26.0. The number of carbonyl (C=O) groups excluding carboxylic acids is 2. The number of fused-ring (bicyclic) bond motifs is 2.